The standard InChI is InChI=1S/C18H26N4O/c1-4-22-14-16(11-19-22)13-20-9-10-21(12-15(20)2)17-5-7-18(23-3)8-6-17/h5-8,11,14-15H,4,9-10,12-13H2,1-3H3/t15-/m0/s1. The molecule has 5 heteroatoms. The Balaban J connectivity index is 1.60. The van der Waals surface area contributed by atoms with E-state index in [-0.39, 0.29) is 0 Å². The summed E-state index contributed by atoms with van der Waals surface area (Å²) < 4.78 is 7.23. The lowest BCUT2D eigenvalue weighted by Gasteiger charge is -2.41. The van der Waals surface area contributed by atoms with Gasteiger partial charge in [-0.2, -0.15) is 5.10 Å². The Morgan fingerprint density at radius 2 is 2.00 bits per heavy atom. The molecule has 1 aliphatic rings. The molecule has 1 saturated heterocycles. The minimum Gasteiger partial charge on any atom is -0.497 e. The van der Waals surface area contributed by atoms with Crippen LogP contribution >= 0.6 is 0 Å². The van der Waals surface area contributed by atoms with E-state index in [0.717, 1.165) is 38.5 Å². The number of piperazine rings is 1. The Kier molecular flexibility index (Phi) is 4.86. The molecule has 3 rings (SSSR count). The number of ether oxygens (including phenoxy) is 1. The SMILES string of the molecule is CCn1cc(CN2CCN(c3ccc(OC)cc3)C[C@@H]2C)cn1. The smallest absolute Gasteiger partial charge is 0.119 e. The van der Waals surface area contributed by atoms with Crippen LogP contribution in [0.2, 0.25) is 0 Å². The van der Waals surface area contributed by atoms with Gasteiger partial charge in [0.1, 0.15) is 5.75 Å². The number of aryl methyl sites for hydroxylation is 1. The maximum absolute atomic E-state index is 5.24. The zero-order chi connectivity index (χ0) is 16.2. The van der Waals surface area contributed by atoms with Gasteiger partial charge in [-0.05, 0) is 38.1 Å². The second-order valence-electron chi connectivity index (χ2n) is 6.17. The van der Waals surface area contributed by atoms with E-state index >= 15 is 0 Å². The topological polar surface area (TPSA) is 33.5 Å². The van der Waals surface area contributed by atoms with E-state index in [1.807, 2.05) is 23.0 Å². The van der Waals surface area contributed by atoms with E-state index in [4.69, 9.17) is 4.74 Å². The quantitative estimate of drug-likeness (QED) is 0.849. The van der Waals surface area contributed by atoms with Crippen molar-refractivity contribution < 1.29 is 4.74 Å². The molecule has 1 aromatic heterocycles. The van der Waals surface area contributed by atoms with E-state index < -0.39 is 0 Å². The Morgan fingerprint density at radius 3 is 2.61 bits per heavy atom. The molecule has 2 heterocycles. The Morgan fingerprint density at radius 1 is 1.22 bits per heavy atom. The van der Waals surface area contributed by atoms with Crippen LogP contribution in [0.4, 0.5) is 5.69 Å². The van der Waals surface area contributed by atoms with Crippen LogP contribution in [0.5, 0.6) is 5.75 Å². The van der Waals surface area contributed by atoms with Crippen LogP contribution in [0.3, 0.4) is 0 Å². The number of nitrogens with zero attached hydrogens (tertiary/aromatic N) is 4. The van der Waals surface area contributed by atoms with Crippen molar-refractivity contribution in [2.45, 2.75) is 33.0 Å². The molecule has 1 fully saturated rings. The van der Waals surface area contributed by atoms with Crippen LogP contribution in [-0.2, 0) is 13.1 Å². The Bertz CT molecular complexity index is 622. The highest BCUT2D eigenvalue weighted by Crippen LogP contribution is 2.23. The summed E-state index contributed by atoms with van der Waals surface area (Å²) in [6.45, 7) is 9.52. The molecule has 0 radical (unpaired) electrons. The number of benzene rings is 1. The van der Waals surface area contributed by atoms with E-state index in [2.05, 4.69) is 47.1 Å². The summed E-state index contributed by atoms with van der Waals surface area (Å²) in [5, 5.41) is 4.37. The minimum atomic E-state index is 0.524. The third-order valence-corrected chi connectivity index (χ3v) is 4.60. The molecular formula is C18H26N4O. The van der Waals surface area contributed by atoms with E-state index in [1.165, 1.54) is 11.3 Å². The predicted octanol–water partition coefficient (Wildman–Crippen LogP) is 2.62. The predicted molar refractivity (Wildman–Crippen MR) is 93.0 cm³/mol. The fraction of sp³-hybridized carbons (Fsp3) is 0.500. The lowest BCUT2D eigenvalue weighted by Crippen LogP contribution is -2.51. The van der Waals surface area contributed by atoms with Crippen LogP contribution in [0, 0.1) is 0 Å². The van der Waals surface area contributed by atoms with Gasteiger partial charge in [0.15, 0.2) is 0 Å². The lowest BCUT2D eigenvalue weighted by molar-refractivity contribution is 0.181. The summed E-state index contributed by atoms with van der Waals surface area (Å²) in [6.07, 6.45) is 4.15. The van der Waals surface area contributed by atoms with Crippen molar-refractivity contribution in [1.82, 2.24) is 14.7 Å². The van der Waals surface area contributed by atoms with Gasteiger partial charge in [0, 0.05) is 56.2 Å². The lowest BCUT2D eigenvalue weighted by atomic mass is 10.1. The van der Waals surface area contributed by atoms with Crippen molar-refractivity contribution >= 4 is 5.69 Å². The van der Waals surface area contributed by atoms with Gasteiger partial charge in [0.25, 0.3) is 0 Å². The Hall–Kier alpha value is -2.01. The molecule has 5 nitrogen and oxygen atoms in total. The molecule has 1 aliphatic heterocycles. The molecule has 0 amide bonds. The fourth-order valence-corrected chi connectivity index (χ4v) is 3.15. The van der Waals surface area contributed by atoms with Crippen molar-refractivity contribution in [3.8, 4) is 5.75 Å². The summed E-state index contributed by atoms with van der Waals surface area (Å²) in [6, 6.07) is 8.88. The summed E-state index contributed by atoms with van der Waals surface area (Å²) in [5.41, 5.74) is 2.58. The zero-order valence-corrected chi connectivity index (χ0v) is 14.3. The summed E-state index contributed by atoms with van der Waals surface area (Å²) in [7, 11) is 1.70. The molecule has 0 bridgehead atoms. The maximum Gasteiger partial charge on any atom is 0.119 e. The van der Waals surface area contributed by atoms with Crippen LogP contribution in [-0.4, -0.2) is 47.5 Å². The zero-order valence-electron chi connectivity index (χ0n) is 14.3. The van der Waals surface area contributed by atoms with Crippen molar-refractivity contribution in [1.29, 1.82) is 0 Å². The van der Waals surface area contributed by atoms with Gasteiger partial charge < -0.3 is 9.64 Å². The van der Waals surface area contributed by atoms with Gasteiger partial charge in [-0.1, -0.05) is 0 Å². The molecule has 2 aromatic rings. The first-order valence-corrected chi connectivity index (χ1v) is 8.34. The van der Waals surface area contributed by atoms with Crippen molar-refractivity contribution in [2.75, 3.05) is 31.6 Å². The monoisotopic (exact) mass is 314 g/mol. The molecule has 0 N–H and O–H groups in total. The second kappa shape index (κ2) is 7.04. The van der Waals surface area contributed by atoms with E-state index in [1.54, 1.807) is 7.11 Å². The van der Waals surface area contributed by atoms with Gasteiger partial charge in [-0.25, -0.2) is 0 Å². The van der Waals surface area contributed by atoms with Gasteiger partial charge in [0.2, 0.25) is 0 Å². The van der Waals surface area contributed by atoms with Gasteiger partial charge in [-0.3, -0.25) is 9.58 Å². The number of anilines is 1. The molecular weight excluding hydrogens is 288 g/mol. The number of aromatic nitrogens is 2. The molecule has 1 aromatic carbocycles. The summed E-state index contributed by atoms with van der Waals surface area (Å²) in [5.74, 6) is 0.911. The van der Waals surface area contributed by atoms with Gasteiger partial charge in [0.05, 0.1) is 13.3 Å². The highest BCUT2D eigenvalue weighted by Gasteiger charge is 2.24. The number of rotatable bonds is 5. The van der Waals surface area contributed by atoms with Crippen LogP contribution < -0.4 is 9.64 Å². The van der Waals surface area contributed by atoms with Gasteiger partial charge in [-0.15, -0.1) is 0 Å². The van der Waals surface area contributed by atoms with Crippen LogP contribution in [0.25, 0.3) is 0 Å². The van der Waals surface area contributed by atoms with Gasteiger partial charge >= 0.3 is 0 Å². The first-order valence-electron chi connectivity index (χ1n) is 8.34. The molecule has 0 aliphatic carbocycles. The highest BCUT2D eigenvalue weighted by molar-refractivity contribution is 5.49. The first-order chi connectivity index (χ1) is 11.2. The molecule has 23 heavy (non-hydrogen) atoms. The molecule has 1 atom stereocenters. The third-order valence-electron chi connectivity index (χ3n) is 4.60. The van der Waals surface area contributed by atoms with E-state index in [0.29, 0.717) is 6.04 Å². The normalized spacial score (nSPS) is 19.1. The van der Waals surface area contributed by atoms with Crippen molar-refractivity contribution in [3.63, 3.8) is 0 Å². The number of methoxy groups -OCH3 is 1. The average Bonchev–Trinajstić information content (AvgIpc) is 3.04. The summed E-state index contributed by atoms with van der Waals surface area (Å²) >= 11 is 0. The average molecular weight is 314 g/mol. The second-order valence-corrected chi connectivity index (χ2v) is 6.17. The van der Waals surface area contributed by atoms with E-state index in [9.17, 15) is 0 Å². The van der Waals surface area contributed by atoms with Crippen LogP contribution in [0.15, 0.2) is 36.7 Å². The molecule has 124 valence electrons. The highest BCUT2D eigenvalue weighted by atomic mass is 16.5. The maximum atomic E-state index is 5.24. The van der Waals surface area contributed by atoms with Crippen molar-refractivity contribution in [2.24, 2.45) is 0 Å². The number of hydrogen-bond acceptors (Lipinski definition) is 4. The molecule has 0 spiro atoms. The minimum absolute atomic E-state index is 0.524. The molecule has 0 saturated carbocycles. The third kappa shape index (κ3) is 3.67. The number of hydrogen-bond donors (Lipinski definition) is 0. The molecule has 0 unspecified atom stereocenters. The summed E-state index contributed by atoms with van der Waals surface area (Å²) in [4.78, 5) is 4.99. The first kappa shape index (κ1) is 15.9. The Labute approximate surface area is 138 Å². The van der Waals surface area contributed by atoms with Crippen molar-refractivity contribution in [3.05, 3.63) is 42.2 Å². The largest absolute Gasteiger partial charge is 0.497 e. The fourth-order valence-electron chi connectivity index (χ4n) is 3.15. The van der Waals surface area contributed by atoms with Crippen LogP contribution in [0.1, 0.15) is 19.4 Å².